The van der Waals surface area contributed by atoms with Crippen molar-refractivity contribution >= 4 is 11.6 Å². The zero-order chi connectivity index (χ0) is 13.8. The highest BCUT2D eigenvalue weighted by Gasteiger charge is 2.07. The Morgan fingerprint density at radius 2 is 2.16 bits per heavy atom. The number of methoxy groups -OCH3 is 1. The number of aryl methyl sites for hydroxylation is 1. The van der Waals surface area contributed by atoms with Crippen LogP contribution in [0, 0.1) is 0 Å². The van der Waals surface area contributed by atoms with E-state index in [-0.39, 0.29) is 5.56 Å². The molecule has 1 aromatic heterocycles. The van der Waals surface area contributed by atoms with Crippen LogP contribution in [0.1, 0.15) is 19.2 Å². The van der Waals surface area contributed by atoms with E-state index in [0.29, 0.717) is 22.3 Å². The van der Waals surface area contributed by atoms with Crippen molar-refractivity contribution in [2.24, 2.45) is 0 Å². The van der Waals surface area contributed by atoms with E-state index in [2.05, 4.69) is 9.97 Å². The van der Waals surface area contributed by atoms with Gasteiger partial charge in [-0.1, -0.05) is 24.6 Å². The Morgan fingerprint density at radius 3 is 2.84 bits per heavy atom. The predicted octanol–water partition coefficient (Wildman–Crippen LogP) is 3.05. The molecule has 4 nitrogen and oxygen atoms in total. The number of H-pyrrole nitrogens is 1. The van der Waals surface area contributed by atoms with Crippen LogP contribution in [0.15, 0.2) is 29.1 Å². The van der Waals surface area contributed by atoms with Crippen LogP contribution in [0.5, 0.6) is 5.75 Å². The minimum absolute atomic E-state index is 0.151. The molecule has 5 heteroatoms. The number of hydrogen-bond acceptors (Lipinski definition) is 3. The topological polar surface area (TPSA) is 55.0 Å². The highest BCUT2D eigenvalue weighted by atomic mass is 35.5. The summed E-state index contributed by atoms with van der Waals surface area (Å²) < 4.78 is 5.17. The first kappa shape index (κ1) is 13.6. The molecule has 1 N–H and O–H groups in total. The van der Waals surface area contributed by atoms with Crippen LogP contribution in [0.2, 0.25) is 5.02 Å². The summed E-state index contributed by atoms with van der Waals surface area (Å²) in [4.78, 5) is 18.8. The van der Waals surface area contributed by atoms with E-state index in [0.717, 1.165) is 18.4 Å². The van der Waals surface area contributed by atoms with Gasteiger partial charge in [0, 0.05) is 18.1 Å². The maximum atomic E-state index is 11.6. The molecule has 0 saturated heterocycles. The van der Waals surface area contributed by atoms with Gasteiger partial charge < -0.3 is 9.72 Å². The van der Waals surface area contributed by atoms with E-state index in [9.17, 15) is 4.79 Å². The lowest BCUT2D eigenvalue weighted by atomic mass is 10.1. The van der Waals surface area contributed by atoms with Crippen LogP contribution in [-0.4, -0.2) is 17.1 Å². The Labute approximate surface area is 116 Å². The van der Waals surface area contributed by atoms with Crippen LogP contribution >= 0.6 is 11.6 Å². The van der Waals surface area contributed by atoms with E-state index in [1.807, 2.05) is 13.0 Å². The lowest BCUT2D eigenvalue weighted by Gasteiger charge is -2.07. The van der Waals surface area contributed by atoms with E-state index >= 15 is 0 Å². The zero-order valence-electron chi connectivity index (χ0n) is 10.9. The van der Waals surface area contributed by atoms with Gasteiger partial charge in [0.2, 0.25) is 0 Å². The van der Waals surface area contributed by atoms with Gasteiger partial charge in [-0.05, 0) is 18.6 Å². The van der Waals surface area contributed by atoms with E-state index < -0.39 is 0 Å². The Kier molecular flexibility index (Phi) is 4.22. The Balaban J connectivity index is 2.49. The summed E-state index contributed by atoms with van der Waals surface area (Å²) in [5.41, 5.74) is 1.29. The van der Waals surface area contributed by atoms with Gasteiger partial charge in [0.15, 0.2) is 0 Å². The number of nitrogens with one attached hydrogen (secondary N) is 1. The molecule has 2 aromatic rings. The maximum absolute atomic E-state index is 11.6. The maximum Gasteiger partial charge on any atom is 0.251 e. The lowest BCUT2D eigenvalue weighted by Crippen LogP contribution is -2.11. The van der Waals surface area contributed by atoms with Crippen molar-refractivity contribution in [3.63, 3.8) is 0 Å². The molecule has 0 spiro atoms. The average Bonchev–Trinajstić information content (AvgIpc) is 2.39. The van der Waals surface area contributed by atoms with Crippen molar-refractivity contribution in [3.8, 4) is 17.0 Å². The molecule has 19 heavy (non-hydrogen) atoms. The molecule has 0 bridgehead atoms. The first-order valence-electron chi connectivity index (χ1n) is 6.08. The third-order valence-electron chi connectivity index (χ3n) is 2.72. The van der Waals surface area contributed by atoms with Gasteiger partial charge in [-0.25, -0.2) is 4.98 Å². The minimum atomic E-state index is -0.151. The first-order chi connectivity index (χ1) is 9.13. The van der Waals surface area contributed by atoms with Crippen molar-refractivity contribution in [2.45, 2.75) is 19.8 Å². The summed E-state index contributed by atoms with van der Waals surface area (Å²) in [5.74, 6) is 1.26. The monoisotopic (exact) mass is 278 g/mol. The molecule has 0 saturated carbocycles. The molecular formula is C14H15ClN2O2. The second-order valence-corrected chi connectivity index (χ2v) is 4.58. The van der Waals surface area contributed by atoms with E-state index in [1.165, 1.54) is 6.07 Å². The van der Waals surface area contributed by atoms with Gasteiger partial charge in [-0.15, -0.1) is 0 Å². The fraction of sp³-hybridized carbons (Fsp3) is 0.286. The van der Waals surface area contributed by atoms with Gasteiger partial charge in [-0.3, -0.25) is 4.79 Å². The van der Waals surface area contributed by atoms with Gasteiger partial charge >= 0.3 is 0 Å². The molecule has 0 atom stereocenters. The fourth-order valence-corrected chi connectivity index (χ4v) is 2.02. The molecule has 100 valence electrons. The van der Waals surface area contributed by atoms with Crippen molar-refractivity contribution in [3.05, 3.63) is 45.5 Å². The Hall–Kier alpha value is -1.81. The summed E-state index contributed by atoms with van der Waals surface area (Å²) in [6.07, 6.45) is 1.67. The molecule has 0 amide bonds. The average molecular weight is 279 g/mol. The van der Waals surface area contributed by atoms with Crippen LogP contribution in [-0.2, 0) is 6.42 Å². The number of nitrogens with zero attached hydrogens (tertiary/aromatic N) is 1. The summed E-state index contributed by atoms with van der Waals surface area (Å²) in [6, 6.07) is 6.81. The third-order valence-corrected chi connectivity index (χ3v) is 3.04. The normalized spacial score (nSPS) is 10.5. The highest BCUT2D eigenvalue weighted by molar-refractivity contribution is 6.32. The Bertz CT molecular complexity index is 638. The summed E-state index contributed by atoms with van der Waals surface area (Å²) in [5, 5.41) is 0.532. The summed E-state index contributed by atoms with van der Waals surface area (Å²) >= 11 is 5.98. The summed E-state index contributed by atoms with van der Waals surface area (Å²) in [7, 11) is 1.55. The number of ether oxygens (including phenoxy) is 1. The van der Waals surface area contributed by atoms with Crippen molar-refractivity contribution < 1.29 is 4.74 Å². The second-order valence-electron chi connectivity index (χ2n) is 4.18. The molecule has 1 heterocycles. The summed E-state index contributed by atoms with van der Waals surface area (Å²) in [6.45, 7) is 2.04. The van der Waals surface area contributed by atoms with Crippen molar-refractivity contribution in [2.75, 3.05) is 7.11 Å². The van der Waals surface area contributed by atoms with E-state index in [1.54, 1.807) is 19.2 Å². The minimum Gasteiger partial charge on any atom is -0.495 e. The van der Waals surface area contributed by atoms with Gasteiger partial charge in [0.05, 0.1) is 17.8 Å². The first-order valence-corrected chi connectivity index (χ1v) is 6.46. The quantitative estimate of drug-likeness (QED) is 0.935. The molecule has 0 aliphatic rings. The number of halogens is 1. The van der Waals surface area contributed by atoms with Crippen molar-refractivity contribution in [1.29, 1.82) is 0 Å². The number of benzene rings is 1. The molecular weight excluding hydrogens is 264 g/mol. The zero-order valence-corrected chi connectivity index (χ0v) is 11.6. The van der Waals surface area contributed by atoms with Gasteiger partial charge in [-0.2, -0.15) is 0 Å². The molecule has 0 aliphatic heterocycles. The molecule has 0 unspecified atom stereocenters. The largest absolute Gasteiger partial charge is 0.495 e. The fourth-order valence-electron chi connectivity index (χ4n) is 1.83. The molecule has 0 radical (unpaired) electrons. The molecule has 1 aromatic carbocycles. The van der Waals surface area contributed by atoms with Gasteiger partial charge in [0.25, 0.3) is 5.56 Å². The van der Waals surface area contributed by atoms with Crippen LogP contribution in [0.4, 0.5) is 0 Å². The van der Waals surface area contributed by atoms with Crippen LogP contribution < -0.4 is 10.3 Å². The standard InChI is InChI=1S/C14H15ClN2O2/c1-3-4-13-16-11(8-14(18)17-13)9-5-6-10(15)12(7-9)19-2/h5-8H,3-4H2,1-2H3,(H,16,17,18). The SMILES string of the molecule is CCCc1nc(-c2ccc(Cl)c(OC)c2)cc(=O)[nH]1. The van der Waals surface area contributed by atoms with E-state index in [4.69, 9.17) is 16.3 Å². The number of aromatic amines is 1. The third kappa shape index (κ3) is 3.15. The number of aromatic nitrogens is 2. The van der Waals surface area contributed by atoms with Crippen LogP contribution in [0.25, 0.3) is 11.3 Å². The molecule has 0 fully saturated rings. The van der Waals surface area contributed by atoms with Gasteiger partial charge in [0.1, 0.15) is 11.6 Å². The second kappa shape index (κ2) is 5.89. The Morgan fingerprint density at radius 1 is 1.37 bits per heavy atom. The number of hydrogen-bond donors (Lipinski definition) is 1. The van der Waals surface area contributed by atoms with Crippen LogP contribution in [0.3, 0.4) is 0 Å². The molecule has 2 rings (SSSR count). The molecule has 0 aliphatic carbocycles. The predicted molar refractivity (Wildman–Crippen MR) is 75.9 cm³/mol. The van der Waals surface area contributed by atoms with Crippen molar-refractivity contribution in [1.82, 2.24) is 9.97 Å². The smallest absolute Gasteiger partial charge is 0.251 e. The number of rotatable bonds is 4. The lowest BCUT2D eigenvalue weighted by molar-refractivity contribution is 0.415. The highest BCUT2D eigenvalue weighted by Crippen LogP contribution is 2.29.